The highest BCUT2D eigenvalue weighted by atomic mass is 19.4. The molecule has 17 heavy (non-hydrogen) atoms. The number of nitrogens with zero attached hydrogens (tertiary/aromatic N) is 2. The third-order valence-corrected chi connectivity index (χ3v) is 2.37. The molecule has 6 heteroatoms. The van der Waals surface area contributed by atoms with Gasteiger partial charge in [0.1, 0.15) is 0 Å². The fourth-order valence-electron chi connectivity index (χ4n) is 1.49. The Morgan fingerprint density at radius 1 is 1.35 bits per heavy atom. The van der Waals surface area contributed by atoms with Gasteiger partial charge in [0, 0.05) is 25.7 Å². The van der Waals surface area contributed by atoms with E-state index in [4.69, 9.17) is 0 Å². The van der Waals surface area contributed by atoms with Gasteiger partial charge in [-0.15, -0.1) is 0 Å². The molecule has 3 nitrogen and oxygen atoms in total. The van der Waals surface area contributed by atoms with E-state index in [2.05, 4.69) is 10.3 Å². The molecule has 0 aliphatic rings. The van der Waals surface area contributed by atoms with E-state index < -0.39 is 12.6 Å². The first-order chi connectivity index (χ1) is 8.01. The van der Waals surface area contributed by atoms with Crippen molar-refractivity contribution in [3.63, 3.8) is 0 Å². The van der Waals surface area contributed by atoms with Crippen LogP contribution in [0.5, 0.6) is 0 Å². The second-order valence-corrected chi connectivity index (χ2v) is 3.96. The number of imidazole rings is 1. The molecule has 1 aromatic heterocycles. The summed E-state index contributed by atoms with van der Waals surface area (Å²) in [4.78, 5) is 4.16. The van der Waals surface area contributed by atoms with Gasteiger partial charge < -0.3 is 9.88 Å². The van der Waals surface area contributed by atoms with Gasteiger partial charge in [-0.25, -0.2) is 4.98 Å². The number of rotatable bonds is 7. The van der Waals surface area contributed by atoms with Crippen LogP contribution >= 0.6 is 0 Å². The van der Waals surface area contributed by atoms with Gasteiger partial charge in [-0.2, -0.15) is 13.2 Å². The van der Waals surface area contributed by atoms with Crippen LogP contribution in [0.4, 0.5) is 13.2 Å². The Bertz CT molecular complexity index is 320. The minimum Gasteiger partial charge on any atom is -0.337 e. The fourth-order valence-corrected chi connectivity index (χ4v) is 1.49. The first-order valence-corrected chi connectivity index (χ1v) is 5.79. The van der Waals surface area contributed by atoms with E-state index >= 15 is 0 Å². The zero-order valence-corrected chi connectivity index (χ0v) is 9.93. The maximum Gasteiger partial charge on any atom is 0.389 e. The third kappa shape index (κ3) is 6.31. The van der Waals surface area contributed by atoms with Crippen molar-refractivity contribution in [1.82, 2.24) is 14.9 Å². The quantitative estimate of drug-likeness (QED) is 0.753. The summed E-state index contributed by atoms with van der Waals surface area (Å²) in [6.45, 7) is 4.17. The standard InChI is InChI=1S/C11H18F3N3/c1-2-15-7-10-8-17(9-16-10)6-4-3-5-11(12,13)14/h8-9,15H,2-7H2,1H3. The van der Waals surface area contributed by atoms with Crippen LogP contribution in [0.25, 0.3) is 0 Å². The van der Waals surface area contributed by atoms with Crippen molar-refractivity contribution in [2.45, 2.75) is 45.5 Å². The highest BCUT2D eigenvalue weighted by Crippen LogP contribution is 2.22. The summed E-state index contributed by atoms with van der Waals surface area (Å²) in [5.74, 6) is 0. The Hall–Kier alpha value is -1.04. The molecular formula is C11H18F3N3. The van der Waals surface area contributed by atoms with Gasteiger partial charge in [-0.1, -0.05) is 6.92 Å². The number of nitrogens with one attached hydrogen (secondary N) is 1. The summed E-state index contributed by atoms with van der Waals surface area (Å²) in [5.41, 5.74) is 0.919. The summed E-state index contributed by atoms with van der Waals surface area (Å²) in [5, 5.41) is 3.14. The number of hydrogen-bond donors (Lipinski definition) is 1. The smallest absolute Gasteiger partial charge is 0.337 e. The molecule has 0 saturated heterocycles. The average molecular weight is 249 g/mol. The van der Waals surface area contributed by atoms with E-state index in [1.807, 2.05) is 17.7 Å². The molecule has 98 valence electrons. The normalized spacial score (nSPS) is 12.0. The Labute approximate surface area is 99.0 Å². The lowest BCUT2D eigenvalue weighted by atomic mass is 10.2. The Balaban J connectivity index is 2.21. The van der Waals surface area contributed by atoms with E-state index in [1.54, 1.807) is 6.33 Å². The van der Waals surface area contributed by atoms with Gasteiger partial charge in [0.05, 0.1) is 12.0 Å². The van der Waals surface area contributed by atoms with Gasteiger partial charge in [0.15, 0.2) is 0 Å². The minimum atomic E-state index is -4.04. The Morgan fingerprint density at radius 3 is 2.76 bits per heavy atom. The van der Waals surface area contributed by atoms with Crippen LogP contribution in [0, 0.1) is 0 Å². The first-order valence-electron chi connectivity index (χ1n) is 5.79. The van der Waals surface area contributed by atoms with Gasteiger partial charge in [-0.3, -0.25) is 0 Å². The second-order valence-electron chi connectivity index (χ2n) is 3.96. The lowest BCUT2D eigenvalue weighted by Crippen LogP contribution is -2.11. The van der Waals surface area contributed by atoms with E-state index in [0.717, 1.165) is 12.2 Å². The van der Waals surface area contributed by atoms with Gasteiger partial charge in [-0.05, 0) is 19.4 Å². The van der Waals surface area contributed by atoms with Crippen LogP contribution in [0.15, 0.2) is 12.5 Å². The number of aromatic nitrogens is 2. The molecule has 0 aliphatic heterocycles. The number of unbranched alkanes of at least 4 members (excludes halogenated alkanes) is 1. The van der Waals surface area contributed by atoms with Crippen LogP contribution in [0.3, 0.4) is 0 Å². The van der Waals surface area contributed by atoms with E-state index in [9.17, 15) is 13.2 Å². The van der Waals surface area contributed by atoms with Crippen molar-refractivity contribution in [3.8, 4) is 0 Å². The maximum absolute atomic E-state index is 11.9. The van der Waals surface area contributed by atoms with Crippen LogP contribution in [-0.2, 0) is 13.1 Å². The molecule has 0 fully saturated rings. The summed E-state index contributed by atoms with van der Waals surface area (Å²) < 4.78 is 37.5. The molecule has 0 atom stereocenters. The van der Waals surface area contributed by atoms with Crippen molar-refractivity contribution in [1.29, 1.82) is 0 Å². The van der Waals surface area contributed by atoms with Gasteiger partial charge in [0.2, 0.25) is 0 Å². The van der Waals surface area contributed by atoms with Crippen molar-refractivity contribution >= 4 is 0 Å². The van der Waals surface area contributed by atoms with Gasteiger partial charge in [0.25, 0.3) is 0 Å². The van der Waals surface area contributed by atoms with Crippen molar-refractivity contribution in [3.05, 3.63) is 18.2 Å². The summed E-state index contributed by atoms with van der Waals surface area (Å²) in [7, 11) is 0. The van der Waals surface area contributed by atoms with E-state index in [1.165, 1.54) is 0 Å². The van der Waals surface area contributed by atoms with Gasteiger partial charge >= 0.3 is 6.18 Å². The molecule has 0 aliphatic carbocycles. The number of alkyl halides is 3. The Morgan fingerprint density at radius 2 is 2.12 bits per heavy atom. The molecule has 1 rings (SSSR count). The first kappa shape index (κ1) is 14.0. The van der Waals surface area contributed by atoms with Crippen molar-refractivity contribution in [2.75, 3.05) is 6.54 Å². The second kappa shape index (κ2) is 6.64. The molecule has 0 unspecified atom stereocenters. The maximum atomic E-state index is 11.9. The number of hydrogen-bond acceptors (Lipinski definition) is 2. The molecule has 0 bridgehead atoms. The Kier molecular flexibility index (Phi) is 5.47. The van der Waals surface area contributed by atoms with Crippen molar-refractivity contribution < 1.29 is 13.2 Å². The average Bonchev–Trinajstić information content (AvgIpc) is 2.68. The molecule has 0 saturated carbocycles. The summed E-state index contributed by atoms with van der Waals surface area (Å²) >= 11 is 0. The summed E-state index contributed by atoms with van der Waals surface area (Å²) in [6, 6.07) is 0. The fraction of sp³-hybridized carbons (Fsp3) is 0.727. The van der Waals surface area contributed by atoms with Crippen LogP contribution < -0.4 is 5.32 Å². The van der Waals surface area contributed by atoms with E-state index in [0.29, 0.717) is 19.5 Å². The minimum absolute atomic E-state index is 0.171. The molecule has 0 aromatic carbocycles. The zero-order chi connectivity index (χ0) is 12.7. The SMILES string of the molecule is CCNCc1cn(CCCCC(F)(F)F)cn1. The molecular weight excluding hydrogens is 231 g/mol. The topological polar surface area (TPSA) is 29.9 Å². The molecule has 0 spiro atoms. The van der Waals surface area contributed by atoms with Crippen LogP contribution in [0.1, 0.15) is 31.9 Å². The third-order valence-electron chi connectivity index (χ3n) is 2.37. The molecule has 1 aromatic rings. The molecule has 0 amide bonds. The highest BCUT2D eigenvalue weighted by molar-refractivity contribution is 4.95. The predicted molar refractivity (Wildman–Crippen MR) is 59.5 cm³/mol. The lowest BCUT2D eigenvalue weighted by Gasteiger charge is -2.05. The predicted octanol–water partition coefficient (Wildman–Crippen LogP) is 2.73. The summed E-state index contributed by atoms with van der Waals surface area (Å²) in [6.07, 6.45) is -0.506. The monoisotopic (exact) mass is 249 g/mol. The highest BCUT2D eigenvalue weighted by Gasteiger charge is 2.25. The molecule has 1 heterocycles. The van der Waals surface area contributed by atoms with Crippen LogP contribution in [0.2, 0.25) is 0 Å². The number of halogens is 3. The largest absolute Gasteiger partial charge is 0.389 e. The molecule has 0 radical (unpaired) electrons. The van der Waals surface area contributed by atoms with Crippen molar-refractivity contribution in [2.24, 2.45) is 0 Å². The number of aryl methyl sites for hydroxylation is 1. The molecule has 1 N–H and O–H groups in total. The van der Waals surface area contributed by atoms with Crippen LogP contribution in [-0.4, -0.2) is 22.3 Å². The zero-order valence-electron chi connectivity index (χ0n) is 9.93. The van der Waals surface area contributed by atoms with E-state index in [-0.39, 0.29) is 6.42 Å². The lowest BCUT2D eigenvalue weighted by molar-refractivity contribution is -0.135.